The molecule has 0 aliphatic carbocycles. The predicted molar refractivity (Wildman–Crippen MR) is 71.3 cm³/mol. The van der Waals surface area contributed by atoms with Crippen molar-refractivity contribution in [1.29, 1.82) is 0 Å². The molecule has 2 aromatic rings. The van der Waals surface area contributed by atoms with Crippen LogP contribution < -0.4 is 10.5 Å². The Morgan fingerprint density at radius 3 is 2.88 bits per heavy atom. The molecule has 0 aliphatic rings. The van der Waals surface area contributed by atoms with Crippen molar-refractivity contribution >= 4 is 17.4 Å². The SMILES string of the molecule is Nc1cccc(OCCSc2ccccn2)c1. The van der Waals surface area contributed by atoms with Gasteiger partial charge in [0.15, 0.2) is 0 Å². The molecule has 1 heterocycles. The lowest BCUT2D eigenvalue weighted by molar-refractivity contribution is 0.344. The van der Waals surface area contributed by atoms with Gasteiger partial charge in [0.25, 0.3) is 0 Å². The highest BCUT2D eigenvalue weighted by Gasteiger charge is 1.96. The van der Waals surface area contributed by atoms with Gasteiger partial charge >= 0.3 is 0 Å². The summed E-state index contributed by atoms with van der Waals surface area (Å²) in [6.45, 7) is 0.644. The molecule has 0 unspecified atom stereocenters. The number of nitrogens with two attached hydrogens (primary N) is 1. The van der Waals surface area contributed by atoms with Gasteiger partial charge < -0.3 is 10.5 Å². The van der Waals surface area contributed by atoms with Crippen LogP contribution in [0.15, 0.2) is 53.7 Å². The van der Waals surface area contributed by atoms with Crippen molar-refractivity contribution in [2.45, 2.75) is 5.03 Å². The largest absolute Gasteiger partial charge is 0.493 e. The van der Waals surface area contributed by atoms with Crippen molar-refractivity contribution in [1.82, 2.24) is 4.98 Å². The van der Waals surface area contributed by atoms with Gasteiger partial charge in [-0.15, -0.1) is 11.8 Å². The second-order valence-electron chi connectivity index (χ2n) is 3.44. The maximum Gasteiger partial charge on any atom is 0.121 e. The summed E-state index contributed by atoms with van der Waals surface area (Å²) in [5, 5.41) is 1.02. The van der Waals surface area contributed by atoms with Crippen LogP contribution in [0.25, 0.3) is 0 Å². The fourth-order valence-corrected chi connectivity index (χ4v) is 2.03. The Labute approximate surface area is 105 Å². The first kappa shape index (κ1) is 11.8. The zero-order valence-corrected chi connectivity index (χ0v) is 10.2. The molecule has 0 aliphatic heterocycles. The average Bonchev–Trinajstić information content (AvgIpc) is 2.36. The van der Waals surface area contributed by atoms with E-state index < -0.39 is 0 Å². The van der Waals surface area contributed by atoms with E-state index in [1.165, 1.54) is 0 Å². The Morgan fingerprint density at radius 1 is 1.18 bits per heavy atom. The highest BCUT2D eigenvalue weighted by molar-refractivity contribution is 7.99. The van der Waals surface area contributed by atoms with Gasteiger partial charge in [0.2, 0.25) is 0 Å². The van der Waals surface area contributed by atoms with E-state index in [0.717, 1.165) is 22.2 Å². The normalized spacial score (nSPS) is 10.1. The van der Waals surface area contributed by atoms with E-state index in [2.05, 4.69) is 4.98 Å². The summed E-state index contributed by atoms with van der Waals surface area (Å²) in [5.41, 5.74) is 6.38. The Bertz CT molecular complexity index is 462. The first-order chi connectivity index (χ1) is 8.34. The van der Waals surface area contributed by atoms with Gasteiger partial charge in [0.05, 0.1) is 11.6 Å². The standard InChI is InChI=1S/C13H14N2OS/c14-11-4-3-5-12(10-11)16-8-9-17-13-6-1-2-7-15-13/h1-7,10H,8-9,14H2. The number of pyridine rings is 1. The van der Waals surface area contributed by atoms with Crippen molar-refractivity contribution < 1.29 is 4.74 Å². The maximum atomic E-state index is 5.66. The van der Waals surface area contributed by atoms with Crippen LogP contribution in [0.4, 0.5) is 5.69 Å². The van der Waals surface area contributed by atoms with Gasteiger partial charge in [-0.2, -0.15) is 0 Å². The van der Waals surface area contributed by atoms with E-state index in [0.29, 0.717) is 6.61 Å². The van der Waals surface area contributed by atoms with E-state index >= 15 is 0 Å². The highest BCUT2D eigenvalue weighted by atomic mass is 32.2. The molecule has 0 spiro atoms. The lowest BCUT2D eigenvalue weighted by Crippen LogP contribution is -2.00. The van der Waals surface area contributed by atoms with E-state index in [1.807, 2.05) is 42.5 Å². The van der Waals surface area contributed by atoms with Crippen molar-refractivity contribution in [2.24, 2.45) is 0 Å². The Kier molecular flexibility index (Phi) is 4.27. The van der Waals surface area contributed by atoms with Gasteiger partial charge in [0.1, 0.15) is 5.75 Å². The summed E-state index contributed by atoms with van der Waals surface area (Å²) in [7, 11) is 0. The topological polar surface area (TPSA) is 48.1 Å². The number of rotatable bonds is 5. The average molecular weight is 246 g/mol. The first-order valence-corrected chi connectivity index (χ1v) is 6.35. The van der Waals surface area contributed by atoms with Gasteiger partial charge in [-0.25, -0.2) is 4.98 Å². The molecule has 2 rings (SSSR count). The van der Waals surface area contributed by atoms with Crippen molar-refractivity contribution in [3.8, 4) is 5.75 Å². The number of hydrogen-bond donors (Lipinski definition) is 1. The van der Waals surface area contributed by atoms with Gasteiger partial charge in [-0.1, -0.05) is 12.1 Å². The smallest absolute Gasteiger partial charge is 0.121 e. The van der Waals surface area contributed by atoms with Crippen LogP contribution in [-0.4, -0.2) is 17.3 Å². The number of benzene rings is 1. The summed E-state index contributed by atoms with van der Waals surface area (Å²) in [4.78, 5) is 4.22. The van der Waals surface area contributed by atoms with Crippen LogP contribution in [0.3, 0.4) is 0 Å². The molecule has 17 heavy (non-hydrogen) atoms. The molecule has 2 N–H and O–H groups in total. The Balaban J connectivity index is 1.73. The predicted octanol–water partition coefficient (Wildman–Crippen LogP) is 2.83. The summed E-state index contributed by atoms with van der Waals surface area (Å²) in [6.07, 6.45) is 1.79. The minimum Gasteiger partial charge on any atom is -0.493 e. The van der Waals surface area contributed by atoms with Crippen LogP contribution in [0.1, 0.15) is 0 Å². The van der Waals surface area contributed by atoms with Crippen LogP contribution in [0.5, 0.6) is 5.75 Å². The molecule has 4 heteroatoms. The van der Waals surface area contributed by atoms with E-state index in [9.17, 15) is 0 Å². The summed E-state index contributed by atoms with van der Waals surface area (Å²) >= 11 is 1.68. The highest BCUT2D eigenvalue weighted by Crippen LogP contribution is 2.17. The zero-order valence-electron chi connectivity index (χ0n) is 9.37. The second kappa shape index (κ2) is 6.15. The Morgan fingerprint density at radius 2 is 2.12 bits per heavy atom. The molecule has 0 atom stereocenters. The van der Waals surface area contributed by atoms with Crippen LogP contribution in [0.2, 0.25) is 0 Å². The van der Waals surface area contributed by atoms with E-state index in [4.69, 9.17) is 10.5 Å². The van der Waals surface area contributed by atoms with Gasteiger partial charge in [0, 0.05) is 23.7 Å². The quantitative estimate of drug-likeness (QED) is 0.500. The van der Waals surface area contributed by atoms with Crippen LogP contribution in [-0.2, 0) is 0 Å². The third-order valence-electron chi connectivity index (χ3n) is 2.10. The summed E-state index contributed by atoms with van der Waals surface area (Å²) in [6, 6.07) is 13.3. The molecule has 0 fully saturated rings. The number of nitrogen functional groups attached to an aromatic ring is 1. The fourth-order valence-electron chi connectivity index (χ4n) is 1.34. The number of ether oxygens (including phenoxy) is 1. The van der Waals surface area contributed by atoms with E-state index in [-0.39, 0.29) is 0 Å². The van der Waals surface area contributed by atoms with E-state index in [1.54, 1.807) is 18.0 Å². The van der Waals surface area contributed by atoms with Crippen LogP contribution >= 0.6 is 11.8 Å². The number of thioether (sulfide) groups is 1. The van der Waals surface area contributed by atoms with Crippen molar-refractivity contribution in [3.63, 3.8) is 0 Å². The van der Waals surface area contributed by atoms with Gasteiger partial charge in [-0.3, -0.25) is 0 Å². The lowest BCUT2D eigenvalue weighted by atomic mass is 10.3. The minimum absolute atomic E-state index is 0.644. The molecule has 1 aromatic carbocycles. The maximum absolute atomic E-state index is 5.66. The van der Waals surface area contributed by atoms with Crippen molar-refractivity contribution in [3.05, 3.63) is 48.7 Å². The summed E-state index contributed by atoms with van der Waals surface area (Å²) in [5.74, 6) is 1.68. The summed E-state index contributed by atoms with van der Waals surface area (Å²) < 4.78 is 5.58. The molecular formula is C13H14N2OS. The molecule has 3 nitrogen and oxygen atoms in total. The fraction of sp³-hybridized carbons (Fsp3) is 0.154. The first-order valence-electron chi connectivity index (χ1n) is 5.37. The molecule has 0 radical (unpaired) electrons. The molecule has 0 amide bonds. The lowest BCUT2D eigenvalue weighted by Gasteiger charge is -2.06. The number of anilines is 1. The monoisotopic (exact) mass is 246 g/mol. The molecular weight excluding hydrogens is 232 g/mol. The molecule has 0 saturated heterocycles. The molecule has 0 saturated carbocycles. The molecule has 0 bridgehead atoms. The van der Waals surface area contributed by atoms with Gasteiger partial charge in [-0.05, 0) is 24.3 Å². The molecule has 1 aromatic heterocycles. The number of hydrogen-bond acceptors (Lipinski definition) is 4. The Hall–Kier alpha value is -1.68. The second-order valence-corrected chi connectivity index (χ2v) is 4.55. The van der Waals surface area contributed by atoms with Crippen molar-refractivity contribution in [2.75, 3.05) is 18.1 Å². The number of nitrogens with zero attached hydrogens (tertiary/aromatic N) is 1. The zero-order chi connectivity index (χ0) is 11.9. The number of aromatic nitrogens is 1. The third kappa shape index (κ3) is 4.00. The minimum atomic E-state index is 0.644. The van der Waals surface area contributed by atoms with Crippen LogP contribution in [0, 0.1) is 0 Å². The molecule has 88 valence electrons. The third-order valence-corrected chi connectivity index (χ3v) is 3.01.